The van der Waals surface area contributed by atoms with Gasteiger partial charge in [-0.25, -0.2) is 4.79 Å². The van der Waals surface area contributed by atoms with Crippen molar-refractivity contribution in [3.05, 3.63) is 99.8 Å². The van der Waals surface area contributed by atoms with E-state index in [0.717, 1.165) is 44.8 Å². The van der Waals surface area contributed by atoms with E-state index in [0.29, 0.717) is 16.4 Å². The van der Waals surface area contributed by atoms with Crippen LogP contribution in [0, 0.1) is 0 Å². The van der Waals surface area contributed by atoms with E-state index in [1.807, 2.05) is 41.8 Å². The summed E-state index contributed by atoms with van der Waals surface area (Å²) in [7, 11) is 3.26. The molecule has 3 aromatic carbocycles. The summed E-state index contributed by atoms with van der Waals surface area (Å²) in [5, 5.41) is 5.48. The van der Waals surface area contributed by atoms with Gasteiger partial charge in [-0.05, 0) is 73.2 Å². The van der Waals surface area contributed by atoms with E-state index in [4.69, 9.17) is 19.9 Å². The first-order valence-electron chi connectivity index (χ1n) is 12.7. The lowest BCUT2D eigenvalue weighted by atomic mass is 9.81. The van der Waals surface area contributed by atoms with Crippen LogP contribution in [-0.4, -0.2) is 25.7 Å². The van der Waals surface area contributed by atoms with Gasteiger partial charge in [-0.3, -0.25) is 0 Å². The van der Waals surface area contributed by atoms with Crippen molar-refractivity contribution in [2.75, 3.05) is 19.5 Å². The van der Waals surface area contributed by atoms with Gasteiger partial charge < -0.3 is 25.3 Å². The zero-order chi connectivity index (χ0) is 27.7. The van der Waals surface area contributed by atoms with Gasteiger partial charge in [0.25, 0.3) is 0 Å². The van der Waals surface area contributed by atoms with Crippen molar-refractivity contribution in [3.63, 3.8) is 0 Å². The molecule has 0 fully saturated rings. The molecule has 6 nitrogen and oxygen atoms in total. The van der Waals surface area contributed by atoms with Gasteiger partial charge in [-0.1, -0.05) is 36.4 Å². The minimum atomic E-state index is -0.487. The number of para-hydroxylation sites is 1. The molecule has 7 heteroatoms. The first-order valence-corrected chi connectivity index (χ1v) is 13.6. The van der Waals surface area contributed by atoms with Crippen LogP contribution in [0.2, 0.25) is 0 Å². The molecular weight excluding hydrogens is 508 g/mol. The number of methoxy groups -OCH3 is 2. The van der Waals surface area contributed by atoms with Gasteiger partial charge in [0, 0.05) is 28.4 Å². The van der Waals surface area contributed by atoms with Crippen LogP contribution in [0.5, 0.6) is 17.2 Å². The van der Waals surface area contributed by atoms with Gasteiger partial charge in [0.15, 0.2) is 0 Å². The predicted octanol–water partition coefficient (Wildman–Crippen LogP) is 7.31. The van der Waals surface area contributed by atoms with E-state index in [2.05, 4.69) is 44.3 Å². The van der Waals surface area contributed by atoms with Gasteiger partial charge >= 0.3 is 5.97 Å². The average Bonchev–Trinajstić information content (AvgIpc) is 3.47. The molecule has 1 aliphatic rings. The summed E-state index contributed by atoms with van der Waals surface area (Å²) in [5.41, 5.74) is 13.7. The molecule has 1 atom stereocenters. The van der Waals surface area contributed by atoms with Crippen LogP contribution in [0.1, 0.15) is 53.2 Å². The summed E-state index contributed by atoms with van der Waals surface area (Å²) >= 11 is 1.34. The van der Waals surface area contributed by atoms with Crippen LogP contribution in [-0.2, 0) is 0 Å². The molecule has 39 heavy (non-hydrogen) atoms. The molecular formula is C32H32N2O4S. The number of benzene rings is 3. The van der Waals surface area contributed by atoms with Crippen LogP contribution in [0.3, 0.4) is 0 Å². The Labute approximate surface area is 233 Å². The number of nitrogens with one attached hydrogen (secondary N) is 1. The molecule has 0 saturated heterocycles. The van der Waals surface area contributed by atoms with E-state index in [9.17, 15) is 4.79 Å². The van der Waals surface area contributed by atoms with Crippen molar-refractivity contribution >= 4 is 28.6 Å². The quantitative estimate of drug-likeness (QED) is 0.189. The highest BCUT2D eigenvalue weighted by atomic mass is 32.1. The van der Waals surface area contributed by atoms with Gasteiger partial charge in [0.1, 0.15) is 22.1 Å². The fourth-order valence-electron chi connectivity index (χ4n) is 5.29. The number of carbonyl (C=O) groups excluding carboxylic acids is 1. The van der Waals surface area contributed by atoms with E-state index < -0.39 is 12.0 Å². The minimum Gasteiger partial charge on any atom is -0.496 e. The SMILES string of the molecule is COc1cc(OC(=O)c2cccs2)ccc1-c1ccc2c(c1C(N)c1ccccc1OC)C(C)=CC(C)(C)N2. The second-order valence-electron chi connectivity index (χ2n) is 10.1. The Morgan fingerprint density at radius 3 is 2.41 bits per heavy atom. The van der Waals surface area contributed by atoms with Gasteiger partial charge in [-0.15, -0.1) is 11.3 Å². The molecule has 0 amide bonds. The normalized spacial score (nSPS) is 14.5. The molecule has 0 aliphatic carbocycles. The lowest BCUT2D eigenvalue weighted by Gasteiger charge is -2.35. The Balaban J connectivity index is 1.67. The van der Waals surface area contributed by atoms with E-state index in [1.165, 1.54) is 11.3 Å². The Bertz CT molecular complexity index is 1560. The van der Waals surface area contributed by atoms with Crippen molar-refractivity contribution < 1.29 is 19.0 Å². The highest BCUT2D eigenvalue weighted by Crippen LogP contribution is 2.47. The maximum atomic E-state index is 12.5. The Morgan fingerprint density at radius 2 is 1.69 bits per heavy atom. The van der Waals surface area contributed by atoms with Crippen molar-refractivity contribution in [1.29, 1.82) is 0 Å². The molecule has 4 aromatic rings. The molecule has 200 valence electrons. The van der Waals surface area contributed by atoms with Crippen molar-refractivity contribution in [1.82, 2.24) is 0 Å². The highest BCUT2D eigenvalue weighted by molar-refractivity contribution is 7.12. The summed E-state index contributed by atoms with van der Waals surface area (Å²) in [4.78, 5) is 13.1. The standard InChI is InChI=1S/C32H32N2O4S/c1-19-18-32(2,3)34-24-15-14-22(29(28(19)24)30(33)23-9-6-7-10-25(23)36-4)21-13-12-20(17-26(21)37-5)38-31(35)27-11-8-16-39-27/h6-18,30,34H,33H2,1-5H3. The molecule has 5 rings (SSSR count). The molecule has 1 unspecified atom stereocenters. The van der Waals surface area contributed by atoms with Crippen molar-refractivity contribution in [2.45, 2.75) is 32.4 Å². The fourth-order valence-corrected chi connectivity index (χ4v) is 5.89. The summed E-state index contributed by atoms with van der Waals surface area (Å²) < 4.78 is 17.1. The molecule has 0 radical (unpaired) electrons. The van der Waals surface area contributed by atoms with E-state index in [-0.39, 0.29) is 5.54 Å². The highest BCUT2D eigenvalue weighted by Gasteiger charge is 2.30. The average molecular weight is 541 g/mol. The number of rotatable bonds is 7. The third kappa shape index (κ3) is 5.15. The van der Waals surface area contributed by atoms with E-state index >= 15 is 0 Å². The first-order chi connectivity index (χ1) is 18.7. The number of hydrogen-bond donors (Lipinski definition) is 2. The topological polar surface area (TPSA) is 82.8 Å². The summed E-state index contributed by atoms with van der Waals surface area (Å²) in [5.74, 6) is 1.30. The van der Waals surface area contributed by atoms with Gasteiger partial charge in [0.2, 0.25) is 0 Å². The Kier molecular flexibility index (Phi) is 7.21. The second kappa shape index (κ2) is 10.6. The number of fused-ring (bicyclic) bond motifs is 1. The van der Waals surface area contributed by atoms with Gasteiger partial charge in [-0.2, -0.15) is 0 Å². The molecule has 1 aromatic heterocycles. The molecule has 3 N–H and O–H groups in total. The van der Waals surface area contributed by atoms with Crippen LogP contribution in [0.15, 0.2) is 78.2 Å². The molecule has 2 heterocycles. The minimum absolute atomic E-state index is 0.198. The monoisotopic (exact) mass is 540 g/mol. The number of esters is 1. The van der Waals surface area contributed by atoms with Gasteiger partial charge in [0.05, 0.1) is 25.8 Å². The molecule has 1 aliphatic heterocycles. The van der Waals surface area contributed by atoms with Crippen molar-refractivity contribution in [2.24, 2.45) is 5.73 Å². The van der Waals surface area contributed by atoms with Crippen LogP contribution in [0.4, 0.5) is 5.69 Å². The number of nitrogens with two attached hydrogens (primary N) is 1. The van der Waals surface area contributed by atoms with Crippen LogP contribution in [0.25, 0.3) is 16.7 Å². The fraction of sp³-hybridized carbons (Fsp3) is 0.219. The van der Waals surface area contributed by atoms with Crippen LogP contribution < -0.4 is 25.3 Å². The first kappa shape index (κ1) is 26.5. The lowest BCUT2D eigenvalue weighted by molar-refractivity contribution is 0.0739. The number of anilines is 1. The largest absolute Gasteiger partial charge is 0.496 e. The third-order valence-corrected chi connectivity index (χ3v) is 7.71. The zero-order valence-corrected chi connectivity index (χ0v) is 23.5. The predicted molar refractivity (Wildman–Crippen MR) is 158 cm³/mol. The summed E-state index contributed by atoms with van der Waals surface area (Å²) in [6.45, 7) is 6.41. The smallest absolute Gasteiger partial charge is 0.353 e. The maximum Gasteiger partial charge on any atom is 0.353 e. The Morgan fingerprint density at radius 1 is 0.949 bits per heavy atom. The number of allylic oxidation sites excluding steroid dienone is 1. The number of carbonyl (C=O) groups is 1. The number of ether oxygens (including phenoxy) is 3. The zero-order valence-electron chi connectivity index (χ0n) is 22.7. The molecule has 0 saturated carbocycles. The number of thiophene rings is 1. The lowest BCUT2D eigenvalue weighted by Crippen LogP contribution is -2.32. The second-order valence-corrected chi connectivity index (χ2v) is 11.0. The van der Waals surface area contributed by atoms with Crippen molar-refractivity contribution in [3.8, 4) is 28.4 Å². The third-order valence-electron chi connectivity index (χ3n) is 6.86. The summed E-state index contributed by atoms with van der Waals surface area (Å²) in [6, 6.07) is 20.5. The Hall–Kier alpha value is -4.07. The summed E-state index contributed by atoms with van der Waals surface area (Å²) in [6.07, 6.45) is 2.22. The van der Waals surface area contributed by atoms with Crippen LogP contribution >= 0.6 is 11.3 Å². The molecule has 0 spiro atoms. The number of hydrogen-bond acceptors (Lipinski definition) is 7. The van der Waals surface area contributed by atoms with E-state index in [1.54, 1.807) is 32.4 Å². The maximum absolute atomic E-state index is 12.5. The molecule has 0 bridgehead atoms.